The van der Waals surface area contributed by atoms with Crippen LogP contribution in [0.15, 0.2) is 24.3 Å². The maximum Gasteiger partial charge on any atom is 0.490 e. The minimum absolute atomic E-state index is 0.265. The Morgan fingerprint density at radius 1 is 0.852 bits per heavy atom. The lowest BCUT2D eigenvalue weighted by molar-refractivity contribution is -0.199. The molecule has 0 saturated carbocycles. The molecule has 0 fully saturated rings. The second kappa shape index (κ2) is 12.2. The summed E-state index contributed by atoms with van der Waals surface area (Å²) in [5.41, 5.74) is 0.443. The predicted molar refractivity (Wildman–Crippen MR) is 89.6 cm³/mol. The molecule has 0 N–H and O–H groups in total. The number of halogens is 3. The van der Waals surface area contributed by atoms with Crippen LogP contribution >= 0.6 is 0 Å². The van der Waals surface area contributed by atoms with E-state index in [0.29, 0.717) is 50.2 Å². The summed E-state index contributed by atoms with van der Waals surface area (Å²) in [6.45, 7) is 0.780. The molecule has 0 aromatic heterocycles. The van der Waals surface area contributed by atoms with Crippen LogP contribution in [0.1, 0.15) is 36.0 Å². The summed E-state index contributed by atoms with van der Waals surface area (Å²) in [5.74, 6) is -1.93. The zero-order valence-corrected chi connectivity index (χ0v) is 15.0. The van der Waals surface area contributed by atoms with Gasteiger partial charge < -0.3 is 18.9 Å². The van der Waals surface area contributed by atoms with Gasteiger partial charge in [-0.05, 0) is 49.9 Å². The van der Waals surface area contributed by atoms with Gasteiger partial charge in [-0.15, -0.1) is 0 Å². The summed E-state index contributed by atoms with van der Waals surface area (Å²) in [6, 6.07) is 6.59. The van der Waals surface area contributed by atoms with Crippen LogP contribution in [-0.2, 0) is 19.0 Å². The third-order valence-electron chi connectivity index (χ3n) is 3.39. The third kappa shape index (κ3) is 9.83. The van der Waals surface area contributed by atoms with E-state index in [1.165, 1.54) is 7.11 Å². The molecule has 0 aliphatic rings. The highest BCUT2D eigenvalue weighted by molar-refractivity contribution is 5.89. The summed E-state index contributed by atoms with van der Waals surface area (Å²) >= 11 is 0. The van der Waals surface area contributed by atoms with Crippen molar-refractivity contribution in [2.75, 3.05) is 33.5 Å². The molecule has 0 heterocycles. The van der Waals surface area contributed by atoms with E-state index in [9.17, 15) is 22.8 Å². The number of benzene rings is 1. The minimum Gasteiger partial charge on any atom is -0.497 e. The van der Waals surface area contributed by atoms with Crippen molar-refractivity contribution in [3.8, 4) is 5.75 Å². The standard InChI is InChI=1S/C18H23F3O6/c1-24-15-8-6-14(7-9-15)16(22)26-12-4-2-10-25-11-3-5-13-27-17(23)18(19,20)21/h6-9H,2-5,10-13H2,1H3. The molecular formula is C18H23F3O6. The van der Waals surface area contributed by atoms with Crippen molar-refractivity contribution in [1.82, 2.24) is 0 Å². The van der Waals surface area contributed by atoms with E-state index in [1.54, 1.807) is 24.3 Å². The lowest BCUT2D eigenvalue weighted by atomic mass is 10.2. The van der Waals surface area contributed by atoms with Crippen LogP contribution in [-0.4, -0.2) is 51.7 Å². The van der Waals surface area contributed by atoms with Gasteiger partial charge in [0.1, 0.15) is 5.75 Å². The first kappa shape index (κ1) is 22.8. The number of hydrogen-bond acceptors (Lipinski definition) is 6. The zero-order chi connectivity index (χ0) is 20.1. The van der Waals surface area contributed by atoms with Crippen LogP contribution in [0.3, 0.4) is 0 Å². The van der Waals surface area contributed by atoms with E-state index >= 15 is 0 Å². The van der Waals surface area contributed by atoms with E-state index in [0.717, 1.165) is 0 Å². The van der Waals surface area contributed by atoms with Crippen LogP contribution in [0, 0.1) is 0 Å². The van der Waals surface area contributed by atoms with Gasteiger partial charge in [-0.3, -0.25) is 0 Å². The maximum absolute atomic E-state index is 11.9. The highest BCUT2D eigenvalue weighted by atomic mass is 19.4. The monoisotopic (exact) mass is 392 g/mol. The van der Waals surface area contributed by atoms with Gasteiger partial charge in [0.2, 0.25) is 0 Å². The molecule has 1 rings (SSSR count). The van der Waals surface area contributed by atoms with Crippen molar-refractivity contribution in [3.63, 3.8) is 0 Å². The number of hydrogen-bond donors (Lipinski definition) is 0. The molecule has 0 atom stereocenters. The Bertz CT molecular complexity index is 571. The molecule has 152 valence electrons. The molecule has 27 heavy (non-hydrogen) atoms. The fraction of sp³-hybridized carbons (Fsp3) is 0.556. The van der Waals surface area contributed by atoms with Crippen molar-refractivity contribution in [3.05, 3.63) is 29.8 Å². The molecule has 0 aliphatic carbocycles. The Hall–Kier alpha value is -2.29. The average Bonchev–Trinajstić information content (AvgIpc) is 2.65. The molecule has 1 aromatic carbocycles. The number of ether oxygens (including phenoxy) is 4. The first-order valence-corrected chi connectivity index (χ1v) is 8.47. The smallest absolute Gasteiger partial charge is 0.490 e. The molecule has 1 aromatic rings. The molecule has 0 spiro atoms. The van der Waals surface area contributed by atoms with Gasteiger partial charge in [0, 0.05) is 13.2 Å². The lowest BCUT2D eigenvalue weighted by Crippen LogP contribution is -2.25. The van der Waals surface area contributed by atoms with Crippen LogP contribution in [0.2, 0.25) is 0 Å². The van der Waals surface area contributed by atoms with Gasteiger partial charge in [0.05, 0.1) is 25.9 Å². The normalized spacial score (nSPS) is 11.1. The summed E-state index contributed by atoms with van der Waals surface area (Å²) in [6.07, 6.45) is -2.86. The van der Waals surface area contributed by atoms with Gasteiger partial charge in [0.15, 0.2) is 0 Å². The Kier molecular flexibility index (Phi) is 10.2. The van der Waals surface area contributed by atoms with Crippen molar-refractivity contribution in [2.45, 2.75) is 31.9 Å². The highest BCUT2D eigenvalue weighted by Crippen LogP contribution is 2.16. The molecule has 0 radical (unpaired) electrons. The number of carbonyl (C=O) groups excluding carboxylic acids is 2. The molecule has 0 aliphatic heterocycles. The predicted octanol–water partition coefficient (Wildman–Crippen LogP) is 3.53. The first-order chi connectivity index (χ1) is 12.8. The minimum atomic E-state index is -4.95. The Balaban J connectivity index is 1.95. The second-order valence-electron chi connectivity index (χ2n) is 5.52. The van der Waals surface area contributed by atoms with Crippen LogP contribution in [0.5, 0.6) is 5.75 Å². The second-order valence-corrected chi connectivity index (χ2v) is 5.52. The first-order valence-electron chi connectivity index (χ1n) is 8.47. The molecule has 0 bridgehead atoms. The van der Waals surface area contributed by atoms with E-state index in [-0.39, 0.29) is 13.2 Å². The highest BCUT2D eigenvalue weighted by Gasteiger charge is 2.40. The SMILES string of the molecule is COc1ccc(C(=O)OCCCCOCCCCOC(=O)C(F)(F)F)cc1. The number of rotatable bonds is 12. The number of esters is 2. The van der Waals surface area contributed by atoms with Gasteiger partial charge in [-0.2, -0.15) is 13.2 Å². The van der Waals surface area contributed by atoms with Crippen molar-refractivity contribution < 1.29 is 41.7 Å². The summed E-state index contributed by atoms with van der Waals surface area (Å²) in [5, 5.41) is 0. The molecule has 0 amide bonds. The summed E-state index contributed by atoms with van der Waals surface area (Å²) in [4.78, 5) is 22.2. The number of alkyl halides is 3. The number of carbonyl (C=O) groups is 2. The van der Waals surface area contributed by atoms with Crippen molar-refractivity contribution in [1.29, 1.82) is 0 Å². The lowest BCUT2D eigenvalue weighted by Gasteiger charge is -2.08. The van der Waals surface area contributed by atoms with E-state index in [1.807, 2.05) is 0 Å². The molecule has 6 nitrogen and oxygen atoms in total. The van der Waals surface area contributed by atoms with Gasteiger partial charge in [-0.25, -0.2) is 9.59 Å². The molecule has 9 heteroatoms. The summed E-state index contributed by atoms with van der Waals surface area (Å²) in [7, 11) is 1.54. The van der Waals surface area contributed by atoms with E-state index in [4.69, 9.17) is 14.2 Å². The topological polar surface area (TPSA) is 71.1 Å². The average molecular weight is 392 g/mol. The van der Waals surface area contributed by atoms with Crippen molar-refractivity contribution in [2.24, 2.45) is 0 Å². The molecular weight excluding hydrogens is 369 g/mol. The molecule has 0 saturated heterocycles. The maximum atomic E-state index is 11.9. The summed E-state index contributed by atoms with van der Waals surface area (Å²) < 4.78 is 55.1. The number of unbranched alkanes of at least 4 members (excludes halogenated alkanes) is 2. The van der Waals surface area contributed by atoms with E-state index in [2.05, 4.69) is 4.74 Å². The fourth-order valence-electron chi connectivity index (χ4n) is 1.94. The van der Waals surface area contributed by atoms with Crippen LogP contribution in [0.4, 0.5) is 13.2 Å². The largest absolute Gasteiger partial charge is 0.497 e. The number of methoxy groups -OCH3 is 1. The Morgan fingerprint density at radius 2 is 1.37 bits per heavy atom. The van der Waals surface area contributed by atoms with Gasteiger partial charge in [0.25, 0.3) is 0 Å². The zero-order valence-electron chi connectivity index (χ0n) is 15.0. The van der Waals surface area contributed by atoms with Crippen LogP contribution < -0.4 is 4.74 Å². The Labute approximate surface area is 155 Å². The van der Waals surface area contributed by atoms with Crippen LogP contribution in [0.25, 0.3) is 0 Å². The molecule has 0 unspecified atom stereocenters. The van der Waals surface area contributed by atoms with E-state index < -0.39 is 18.1 Å². The third-order valence-corrected chi connectivity index (χ3v) is 3.39. The van der Waals surface area contributed by atoms with Gasteiger partial charge >= 0.3 is 18.1 Å². The quantitative estimate of drug-likeness (QED) is 0.400. The fourth-order valence-corrected chi connectivity index (χ4v) is 1.94. The van der Waals surface area contributed by atoms with Crippen molar-refractivity contribution >= 4 is 11.9 Å². The van der Waals surface area contributed by atoms with Gasteiger partial charge in [-0.1, -0.05) is 0 Å². The Morgan fingerprint density at radius 3 is 1.89 bits per heavy atom.